The second-order valence-electron chi connectivity index (χ2n) is 7.07. The Labute approximate surface area is 188 Å². The summed E-state index contributed by atoms with van der Waals surface area (Å²) in [5.74, 6) is -0.298. The topological polar surface area (TPSA) is 109 Å². The summed E-state index contributed by atoms with van der Waals surface area (Å²) in [5.41, 5.74) is 1.27. The lowest BCUT2D eigenvalue weighted by Gasteiger charge is -2.30. The Bertz CT molecular complexity index is 854. The minimum atomic E-state index is -0.477. The molecule has 1 aliphatic heterocycles. The molecule has 1 aliphatic rings. The van der Waals surface area contributed by atoms with Gasteiger partial charge in [-0.3, -0.25) is 19.9 Å². The number of hydrogen-bond acceptors (Lipinski definition) is 6. The van der Waals surface area contributed by atoms with Crippen molar-refractivity contribution in [2.75, 3.05) is 11.9 Å². The monoisotopic (exact) mass is 455 g/mol. The van der Waals surface area contributed by atoms with Crippen molar-refractivity contribution in [1.82, 2.24) is 15.6 Å². The molecule has 3 N–H and O–H groups in total. The molecule has 10 heteroatoms. The van der Waals surface area contributed by atoms with Crippen LogP contribution in [-0.4, -0.2) is 34.4 Å². The molecule has 3 rings (SSSR count). The summed E-state index contributed by atoms with van der Waals surface area (Å²) in [6, 6.07) is 10.0. The molecular weight excluding hydrogens is 429 g/mol. The maximum absolute atomic E-state index is 12.6. The van der Waals surface area contributed by atoms with Gasteiger partial charge in [0.15, 0.2) is 0 Å². The van der Waals surface area contributed by atoms with Gasteiger partial charge in [0.1, 0.15) is 5.69 Å². The predicted octanol–water partition coefficient (Wildman–Crippen LogP) is 3.88. The van der Waals surface area contributed by atoms with Crippen LogP contribution in [0.25, 0.3) is 0 Å². The second-order valence-corrected chi connectivity index (χ2v) is 7.07. The summed E-state index contributed by atoms with van der Waals surface area (Å²) in [6.07, 6.45) is 3.56. The molecule has 0 saturated carbocycles. The first-order valence-corrected chi connectivity index (χ1v) is 9.46. The molecule has 0 radical (unpaired) electrons. The predicted molar refractivity (Wildman–Crippen MR) is 122 cm³/mol. The number of pyridine rings is 1. The summed E-state index contributed by atoms with van der Waals surface area (Å²) in [4.78, 5) is 27.9. The van der Waals surface area contributed by atoms with E-state index in [0.717, 1.165) is 25.1 Å². The van der Waals surface area contributed by atoms with Gasteiger partial charge in [-0.25, -0.2) is 0 Å². The zero-order valence-corrected chi connectivity index (χ0v) is 18.5. The van der Waals surface area contributed by atoms with Crippen molar-refractivity contribution in [2.45, 2.75) is 44.8 Å². The van der Waals surface area contributed by atoms with Gasteiger partial charge in [0.05, 0.1) is 16.7 Å². The number of hydrogen-bond donors (Lipinski definition) is 3. The van der Waals surface area contributed by atoms with E-state index in [1.807, 2.05) is 32.0 Å². The molecule has 1 fully saturated rings. The molecular formula is C20H27Cl2N5O3. The van der Waals surface area contributed by atoms with Crippen molar-refractivity contribution >= 4 is 42.1 Å². The van der Waals surface area contributed by atoms with Crippen molar-refractivity contribution in [2.24, 2.45) is 0 Å². The number of benzene rings is 1. The van der Waals surface area contributed by atoms with Gasteiger partial charge in [0.25, 0.3) is 11.6 Å². The molecule has 1 aromatic heterocycles. The first kappa shape index (κ1) is 25.6. The van der Waals surface area contributed by atoms with Gasteiger partial charge in [-0.1, -0.05) is 6.07 Å². The van der Waals surface area contributed by atoms with Crippen LogP contribution in [-0.2, 0) is 0 Å². The molecule has 0 aliphatic carbocycles. The largest absolute Gasteiger partial charge is 0.371 e. The van der Waals surface area contributed by atoms with E-state index in [1.54, 1.807) is 18.3 Å². The van der Waals surface area contributed by atoms with Crippen LogP contribution >= 0.6 is 24.8 Å². The van der Waals surface area contributed by atoms with Gasteiger partial charge >= 0.3 is 0 Å². The number of rotatable bonds is 6. The van der Waals surface area contributed by atoms with E-state index in [1.165, 1.54) is 6.07 Å². The number of nitrogens with one attached hydrogen (secondary N) is 3. The Morgan fingerprint density at radius 2 is 2.07 bits per heavy atom. The minimum absolute atomic E-state index is 0. The van der Waals surface area contributed by atoms with E-state index in [9.17, 15) is 14.9 Å². The van der Waals surface area contributed by atoms with E-state index in [4.69, 9.17) is 0 Å². The molecule has 164 valence electrons. The normalized spacial score (nSPS) is 18.9. The summed E-state index contributed by atoms with van der Waals surface area (Å²) >= 11 is 0. The molecule has 0 spiro atoms. The SMILES string of the molecule is CC(Nc1ccc(C(=O)NC2CCCNC2C)cc1[N+](=O)[O-])c1ccccn1.Cl.Cl. The highest BCUT2D eigenvalue weighted by Gasteiger charge is 2.25. The van der Waals surface area contributed by atoms with E-state index >= 15 is 0 Å². The van der Waals surface area contributed by atoms with Crippen LogP contribution in [0.15, 0.2) is 42.6 Å². The van der Waals surface area contributed by atoms with Crippen LogP contribution in [0, 0.1) is 10.1 Å². The van der Waals surface area contributed by atoms with Gasteiger partial charge < -0.3 is 16.0 Å². The van der Waals surface area contributed by atoms with E-state index < -0.39 is 4.92 Å². The lowest BCUT2D eigenvalue weighted by Crippen LogP contribution is -2.51. The number of nitro benzene ring substituents is 1. The Morgan fingerprint density at radius 1 is 1.30 bits per heavy atom. The average Bonchev–Trinajstić information content (AvgIpc) is 2.70. The van der Waals surface area contributed by atoms with Gasteiger partial charge in [-0.05, 0) is 57.5 Å². The lowest BCUT2D eigenvalue weighted by atomic mass is 9.99. The number of anilines is 1. The third kappa shape index (κ3) is 6.29. The number of halogens is 2. The Hall–Kier alpha value is -2.42. The number of nitrogens with zero attached hydrogens (tertiary/aromatic N) is 2. The highest BCUT2D eigenvalue weighted by Crippen LogP contribution is 2.29. The minimum Gasteiger partial charge on any atom is -0.371 e. The van der Waals surface area contributed by atoms with Gasteiger partial charge in [-0.15, -0.1) is 24.8 Å². The molecule has 0 bridgehead atoms. The summed E-state index contributed by atoms with van der Waals surface area (Å²) < 4.78 is 0. The number of carbonyl (C=O) groups is 1. The number of nitro groups is 1. The smallest absolute Gasteiger partial charge is 0.293 e. The van der Waals surface area contributed by atoms with Crippen molar-refractivity contribution in [3.05, 3.63) is 64.0 Å². The third-order valence-corrected chi connectivity index (χ3v) is 5.04. The molecule has 1 amide bonds. The summed E-state index contributed by atoms with van der Waals surface area (Å²) in [6.45, 7) is 4.84. The van der Waals surface area contributed by atoms with Crippen molar-refractivity contribution in [3.63, 3.8) is 0 Å². The van der Waals surface area contributed by atoms with Crippen LogP contribution in [0.3, 0.4) is 0 Å². The molecule has 1 aromatic carbocycles. The standard InChI is InChI=1S/C20H25N5O3.2ClH/c1-13-17(7-5-11-21-13)24-20(26)15-8-9-18(19(12-15)25(27)28)23-14(2)16-6-3-4-10-22-16;;/h3-4,6,8-10,12-14,17,21,23H,5,7,11H2,1-2H3,(H,24,26);2*1H. The van der Waals surface area contributed by atoms with Crippen LogP contribution in [0.1, 0.15) is 48.8 Å². The Balaban J connectivity index is 0.00000225. The average molecular weight is 456 g/mol. The van der Waals surface area contributed by atoms with E-state index in [2.05, 4.69) is 20.9 Å². The molecule has 1 saturated heterocycles. The van der Waals surface area contributed by atoms with Crippen LogP contribution in [0.2, 0.25) is 0 Å². The number of piperidine rings is 1. The summed E-state index contributed by atoms with van der Waals surface area (Å²) in [5, 5.41) is 21.0. The van der Waals surface area contributed by atoms with Crippen molar-refractivity contribution in [1.29, 1.82) is 0 Å². The fourth-order valence-electron chi connectivity index (χ4n) is 3.38. The number of amides is 1. The molecule has 2 heterocycles. The van der Waals surface area contributed by atoms with Crippen molar-refractivity contribution < 1.29 is 9.72 Å². The first-order chi connectivity index (χ1) is 13.5. The maximum Gasteiger partial charge on any atom is 0.293 e. The lowest BCUT2D eigenvalue weighted by molar-refractivity contribution is -0.384. The zero-order chi connectivity index (χ0) is 20.1. The molecule has 30 heavy (non-hydrogen) atoms. The maximum atomic E-state index is 12.6. The highest BCUT2D eigenvalue weighted by molar-refractivity contribution is 5.96. The highest BCUT2D eigenvalue weighted by atomic mass is 35.5. The zero-order valence-electron chi connectivity index (χ0n) is 16.8. The molecule has 3 atom stereocenters. The van der Waals surface area contributed by atoms with Crippen molar-refractivity contribution in [3.8, 4) is 0 Å². The third-order valence-electron chi connectivity index (χ3n) is 5.04. The number of carbonyl (C=O) groups excluding carboxylic acids is 1. The fourth-order valence-corrected chi connectivity index (χ4v) is 3.38. The van der Waals surface area contributed by atoms with Crippen LogP contribution in [0.5, 0.6) is 0 Å². The van der Waals surface area contributed by atoms with Gasteiger partial charge in [0.2, 0.25) is 0 Å². The van der Waals surface area contributed by atoms with E-state index in [-0.39, 0.29) is 60.1 Å². The van der Waals surface area contributed by atoms with E-state index in [0.29, 0.717) is 5.69 Å². The second kappa shape index (κ2) is 11.7. The van der Waals surface area contributed by atoms with Crippen LogP contribution < -0.4 is 16.0 Å². The Kier molecular flexibility index (Phi) is 9.98. The number of aromatic nitrogens is 1. The fraction of sp³-hybridized carbons (Fsp3) is 0.400. The van der Waals surface area contributed by atoms with Gasteiger partial charge in [-0.2, -0.15) is 0 Å². The molecule has 3 unspecified atom stereocenters. The van der Waals surface area contributed by atoms with Gasteiger partial charge in [0, 0.05) is 29.9 Å². The first-order valence-electron chi connectivity index (χ1n) is 9.46. The quantitative estimate of drug-likeness (QED) is 0.450. The molecule has 8 nitrogen and oxygen atoms in total. The molecule has 2 aromatic rings. The Morgan fingerprint density at radius 3 is 2.70 bits per heavy atom. The van der Waals surface area contributed by atoms with Crippen LogP contribution in [0.4, 0.5) is 11.4 Å². The summed E-state index contributed by atoms with van der Waals surface area (Å²) in [7, 11) is 0.